The van der Waals surface area contributed by atoms with E-state index in [9.17, 15) is 4.79 Å². The van der Waals surface area contributed by atoms with Crippen molar-refractivity contribution >= 4 is 39.4 Å². The Hall–Kier alpha value is -1.25. The first-order valence-corrected chi connectivity index (χ1v) is 8.36. The molecule has 3 rings (SSSR count). The minimum atomic E-state index is -0.132. The molecular weight excluding hydrogens is 296 g/mol. The lowest BCUT2D eigenvalue weighted by Crippen LogP contribution is -2.38. The van der Waals surface area contributed by atoms with Crippen LogP contribution in [0.15, 0.2) is 11.4 Å². The second-order valence-corrected chi connectivity index (χ2v) is 6.19. The maximum absolute atomic E-state index is 12.2. The summed E-state index contributed by atoms with van der Waals surface area (Å²) in [7, 11) is 0. The van der Waals surface area contributed by atoms with E-state index in [1.165, 1.54) is 29.4 Å². The van der Waals surface area contributed by atoms with Crippen molar-refractivity contribution < 1.29 is 9.53 Å². The second kappa shape index (κ2) is 6.02. The average Bonchev–Trinajstić information content (AvgIpc) is 2.92. The van der Waals surface area contributed by atoms with Crippen molar-refractivity contribution in [1.29, 1.82) is 0 Å². The number of ether oxygens (including phenoxy) is 1. The van der Waals surface area contributed by atoms with Gasteiger partial charge in [-0.3, -0.25) is 4.79 Å². The fourth-order valence-corrected chi connectivity index (χ4v) is 3.43. The zero-order valence-corrected chi connectivity index (χ0v) is 12.6. The van der Waals surface area contributed by atoms with Gasteiger partial charge in [-0.25, -0.2) is 15.0 Å². The largest absolute Gasteiger partial charge is 0.381 e. The molecule has 0 bridgehead atoms. The van der Waals surface area contributed by atoms with Gasteiger partial charge < -0.3 is 10.1 Å². The Morgan fingerprint density at radius 2 is 2.25 bits per heavy atom. The fourth-order valence-electron chi connectivity index (χ4n) is 2.07. The summed E-state index contributed by atoms with van der Waals surface area (Å²) >= 11 is 2.81. The molecule has 1 aliphatic heterocycles. The number of carbonyl (C=O) groups is 1. The smallest absolute Gasteiger partial charge is 0.280 e. The van der Waals surface area contributed by atoms with E-state index in [4.69, 9.17) is 4.74 Å². The van der Waals surface area contributed by atoms with Crippen LogP contribution in [0.5, 0.6) is 0 Å². The zero-order chi connectivity index (χ0) is 13.9. The molecular formula is C12H14N4O2S2. The van der Waals surface area contributed by atoms with Crippen LogP contribution in [0.3, 0.4) is 0 Å². The van der Waals surface area contributed by atoms with E-state index in [-0.39, 0.29) is 11.9 Å². The number of hydrogen-bond acceptors (Lipinski definition) is 7. The Balaban J connectivity index is 1.80. The molecule has 20 heavy (non-hydrogen) atoms. The minimum Gasteiger partial charge on any atom is -0.381 e. The number of carbonyl (C=O) groups excluding carboxylic acids is 1. The van der Waals surface area contributed by atoms with Gasteiger partial charge in [-0.05, 0) is 19.1 Å². The van der Waals surface area contributed by atoms with E-state index >= 15 is 0 Å². The van der Waals surface area contributed by atoms with Gasteiger partial charge in [0.25, 0.3) is 5.91 Å². The summed E-state index contributed by atoms with van der Waals surface area (Å²) in [6.07, 6.45) is 5.15. The molecule has 106 valence electrons. The highest BCUT2D eigenvalue weighted by molar-refractivity contribution is 7.98. The molecule has 0 spiro atoms. The summed E-state index contributed by atoms with van der Waals surface area (Å²) in [5.41, 5.74) is 0.710. The SMILES string of the molecule is CSc1ncnc2sc(C(=O)NC3CCOCC3)nc12. The quantitative estimate of drug-likeness (QED) is 0.687. The lowest BCUT2D eigenvalue weighted by atomic mass is 10.1. The van der Waals surface area contributed by atoms with Crippen LogP contribution >= 0.6 is 23.1 Å². The first-order valence-electron chi connectivity index (χ1n) is 6.32. The summed E-state index contributed by atoms with van der Waals surface area (Å²) < 4.78 is 5.28. The van der Waals surface area contributed by atoms with E-state index in [1.807, 2.05) is 6.26 Å². The third-order valence-electron chi connectivity index (χ3n) is 3.11. The summed E-state index contributed by atoms with van der Waals surface area (Å²) in [6.45, 7) is 1.40. The minimum absolute atomic E-state index is 0.132. The second-order valence-electron chi connectivity index (χ2n) is 4.42. The Kier molecular flexibility index (Phi) is 4.13. The number of amides is 1. The number of nitrogens with one attached hydrogen (secondary N) is 1. The fraction of sp³-hybridized carbons (Fsp3) is 0.500. The van der Waals surface area contributed by atoms with Crippen molar-refractivity contribution in [1.82, 2.24) is 20.3 Å². The van der Waals surface area contributed by atoms with Gasteiger partial charge in [-0.15, -0.1) is 11.8 Å². The van der Waals surface area contributed by atoms with Gasteiger partial charge in [0.1, 0.15) is 21.7 Å². The normalized spacial score (nSPS) is 16.4. The van der Waals surface area contributed by atoms with E-state index in [0.29, 0.717) is 23.7 Å². The van der Waals surface area contributed by atoms with Gasteiger partial charge in [-0.2, -0.15) is 0 Å². The molecule has 3 heterocycles. The van der Waals surface area contributed by atoms with Crippen LogP contribution in [-0.4, -0.2) is 46.4 Å². The van der Waals surface area contributed by atoms with Crippen LogP contribution in [0.1, 0.15) is 22.6 Å². The van der Waals surface area contributed by atoms with Gasteiger partial charge >= 0.3 is 0 Å². The summed E-state index contributed by atoms with van der Waals surface area (Å²) in [5, 5.41) is 4.26. The number of rotatable bonds is 3. The number of thioether (sulfide) groups is 1. The van der Waals surface area contributed by atoms with Crippen molar-refractivity contribution in [2.24, 2.45) is 0 Å². The van der Waals surface area contributed by atoms with Crippen LogP contribution < -0.4 is 5.32 Å². The molecule has 8 heteroatoms. The monoisotopic (exact) mass is 310 g/mol. The molecule has 1 N–H and O–H groups in total. The molecule has 0 saturated carbocycles. The molecule has 6 nitrogen and oxygen atoms in total. The zero-order valence-electron chi connectivity index (χ0n) is 11.0. The molecule has 1 fully saturated rings. The number of hydrogen-bond donors (Lipinski definition) is 1. The standard InChI is InChI=1S/C12H14N4O2S2/c1-19-10-8-11(14-6-13-10)20-12(16-8)9(17)15-7-2-4-18-5-3-7/h6-7H,2-5H2,1H3,(H,15,17). The van der Waals surface area contributed by atoms with Crippen molar-refractivity contribution in [2.45, 2.75) is 23.9 Å². The highest BCUT2D eigenvalue weighted by Crippen LogP contribution is 2.26. The molecule has 1 aliphatic rings. The highest BCUT2D eigenvalue weighted by Gasteiger charge is 2.20. The highest BCUT2D eigenvalue weighted by atomic mass is 32.2. The Labute approximate surface area is 124 Å². The molecule has 0 aromatic carbocycles. The van der Waals surface area contributed by atoms with Crippen molar-refractivity contribution in [3.63, 3.8) is 0 Å². The predicted molar refractivity (Wildman–Crippen MR) is 78.3 cm³/mol. The predicted octanol–water partition coefficient (Wildman–Crippen LogP) is 1.72. The van der Waals surface area contributed by atoms with Crippen LogP contribution in [0, 0.1) is 0 Å². The van der Waals surface area contributed by atoms with Crippen LogP contribution in [-0.2, 0) is 4.74 Å². The van der Waals surface area contributed by atoms with Gasteiger partial charge in [0.2, 0.25) is 0 Å². The van der Waals surface area contributed by atoms with E-state index in [0.717, 1.165) is 22.7 Å². The average molecular weight is 310 g/mol. The summed E-state index contributed by atoms with van der Waals surface area (Å²) in [4.78, 5) is 25.7. The Morgan fingerprint density at radius 3 is 3.00 bits per heavy atom. The van der Waals surface area contributed by atoms with E-state index in [2.05, 4.69) is 20.3 Å². The lowest BCUT2D eigenvalue weighted by molar-refractivity contribution is 0.0696. The van der Waals surface area contributed by atoms with Crippen molar-refractivity contribution in [2.75, 3.05) is 19.5 Å². The third kappa shape index (κ3) is 2.77. The van der Waals surface area contributed by atoms with Gasteiger partial charge in [0.15, 0.2) is 5.01 Å². The van der Waals surface area contributed by atoms with Gasteiger partial charge in [0.05, 0.1) is 0 Å². The number of thiazole rings is 1. The topological polar surface area (TPSA) is 77.0 Å². The first-order chi connectivity index (χ1) is 9.78. The molecule has 2 aromatic heterocycles. The summed E-state index contributed by atoms with van der Waals surface area (Å²) in [6, 6.07) is 0.175. The lowest BCUT2D eigenvalue weighted by Gasteiger charge is -2.22. The number of fused-ring (bicyclic) bond motifs is 1. The molecule has 1 amide bonds. The van der Waals surface area contributed by atoms with E-state index < -0.39 is 0 Å². The molecule has 0 atom stereocenters. The molecule has 1 saturated heterocycles. The molecule has 0 radical (unpaired) electrons. The van der Waals surface area contributed by atoms with Gasteiger partial charge in [0, 0.05) is 19.3 Å². The van der Waals surface area contributed by atoms with Crippen LogP contribution in [0.25, 0.3) is 10.3 Å². The maximum atomic E-state index is 12.2. The van der Waals surface area contributed by atoms with Crippen LogP contribution in [0.2, 0.25) is 0 Å². The first kappa shape index (κ1) is 13.7. The summed E-state index contributed by atoms with van der Waals surface area (Å²) in [5.74, 6) is -0.132. The van der Waals surface area contributed by atoms with E-state index in [1.54, 1.807) is 0 Å². The molecule has 0 unspecified atom stereocenters. The Bertz CT molecular complexity index is 625. The maximum Gasteiger partial charge on any atom is 0.280 e. The number of aromatic nitrogens is 3. The van der Waals surface area contributed by atoms with Crippen LogP contribution in [0.4, 0.5) is 0 Å². The third-order valence-corrected chi connectivity index (χ3v) is 4.75. The van der Waals surface area contributed by atoms with Gasteiger partial charge in [-0.1, -0.05) is 11.3 Å². The Morgan fingerprint density at radius 1 is 1.45 bits per heavy atom. The van der Waals surface area contributed by atoms with Crippen molar-refractivity contribution in [3.8, 4) is 0 Å². The molecule has 0 aliphatic carbocycles. The number of nitrogens with zero attached hydrogens (tertiary/aromatic N) is 3. The van der Waals surface area contributed by atoms with Crippen molar-refractivity contribution in [3.05, 3.63) is 11.3 Å². The molecule has 2 aromatic rings.